The molecular weight excluding hydrogens is 328 g/mol. The van der Waals surface area contributed by atoms with Gasteiger partial charge in [-0.25, -0.2) is 0 Å². The lowest BCUT2D eigenvalue weighted by Crippen LogP contribution is -2.31. The highest BCUT2D eigenvalue weighted by molar-refractivity contribution is 5.96. The summed E-state index contributed by atoms with van der Waals surface area (Å²) in [6.07, 6.45) is 5.14. The van der Waals surface area contributed by atoms with E-state index < -0.39 is 0 Å². The minimum atomic E-state index is -0.362. The maximum absolute atomic E-state index is 12.3. The number of rotatable bonds is 7. The molecule has 0 heterocycles. The minimum absolute atomic E-state index is 0.0959. The number of hydrogen-bond donors (Lipinski definition) is 2. The molecule has 1 fully saturated rings. The molecule has 2 aromatic rings. The van der Waals surface area contributed by atoms with Gasteiger partial charge in [-0.05, 0) is 81.1 Å². The second kappa shape index (κ2) is 8.61. The van der Waals surface area contributed by atoms with Gasteiger partial charge in [0.15, 0.2) is 0 Å². The van der Waals surface area contributed by atoms with Gasteiger partial charge in [0.05, 0.1) is 13.2 Å². The van der Waals surface area contributed by atoms with Crippen LogP contribution in [0.3, 0.4) is 0 Å². The van der Waals surface area contributed by atoms with Crippen LogP contribution in [-0.2, 0) is 4.79 Å². The van der Waals surface area contributed by atoms with Crippen LogP contribution in [0.15, 0.2) is 48.5 Å². The summed E-state index contributed by atoms with van der Waals surface area (Å²) in [7, 11) is 1.61. The Morgan fingerprint density at radius 3 is 2.15 bits per heavy atom. The highest BCUT2D eigenvalue weighted by Gasteiger charge is 2.17. The Labute approximate surface area is 154 Å². The van der Waals surface area contributed by atoms with Crippen molar-refractivity contribution in [3.63, 3.8) is 0 Å². The van der Waals surface area contributed by atoms with Crippen LogP contribution in [0.1, 0.15) is 32.6 Å². The fourth-order valence-corrected chi connectivity index (χ4v) is 3.07. The molecule has 1 aliphatic rings. The number of nitrogens with one attached hydrogen (secondary N) is 2. The van der Waals surface area contributed by atoms with E-state index in [9.17, 15) is 4.79 Å². The van der Waals surface area contributed by atoms with E-state index in [4.69, 9.17) is 9.47 Å². The van der Waals surface area contributed by atoms with Gasteiger partial charge in [-0.1, -0.05) is 0 Å². The van der Waals surface area contributed by atoms with Gasteiger partial charge in [-0.15, -0.1) is 0 Å². The third kappa shape index (κ3) is 4.91. The minimum Gasteiger partial charge on any atom is -0.497 e. The standard InChI is InChI=1S/C21H26N2O3/c1-15(21(24)23-17-7-11-18(25-2)12-8-17)22-16-9-13-20(14-10-16)26-19-5-3-4-6-19/h7-15,19,22H,3-6H2,1-2H3,(H,23,24). The summed E-state index contributed by atoms with van der Waals surface area (Å²) in [4.78, 5) is 12.3. The first kappa shape index (κ1) is 18.1. The van der Waals surface area contributed by atoms with Crippen molar-refractivity contribution in [2.24, 2.45) is 0 Å². The SMILES string of the molecule is COc1ccc(NC(=O)C(C)Nc2ccc(OC3CCCC3)cc2)cc1. The zero-order valence-corrected chi connectivity index (χ0v) is 15.3. The topological polar surface area (TPSA) is 59.6 Å². The summed E-state index contributed by atoms with van der Waals surface area (Å²) in [5.41, 5.74) is 1.63. The molecule has 0 saturated heterocycles. The highest BCUT2D eigenvalue weighted by atomic mass is 16.5. The first-order valence-electron chi connectivity index (χ1n) is 9.12. The fraction of sp³-hybridized carbons (Fsp3) is 0.381. The molecule has 0 bridgehead atoms. The molecule has 3 rings (SSSR count). The number of hydrogen-bond acceptors (Lipinski definition) is 4. The maximum atomic E-state index is 12.3. The van der Waals surface area contributed by atoms with Gasteiger partial charge in [-0.3, -0.25) is 4.79 Å². The lowest BCUT2D eigenvalue weighted by Gasteiger charge is -2.17. The number of carbonyl (C=O) groups excluding carboxylic acids is 1. The number of methoxy groups -OCH3 is 1. The Kier molecular flexibility index (Phi) is 6.00. The van der Waals surface area contributed by atoms with Crippen molar-refractivity contribution in [2.45, 2.75) is 44.8 Å². The predicted molar refractivity (Wildman–Crippen MR) is 104 cm³/mol. The molecule has 1 unspecified atom stereocenters. The molecular formula is C21H26N2O3. The molecule has 1 aliphatic carbocycles. The van der Waals surface area contributed by atoms with Gasteiger partial charge in [0, 0.05) is 11.4 Å². The Balaban J connectivity index is 1.51. The summed E-state index contributed by atoms with van der Waals surface area (Å²) >= 11 is 0. The van der Waals surface area contributed by atoms with E-state index in [1.165, 1.54) is 12.8 Å². The smallest absolute Gasteiger partial charge is 0.246 e. The zero-order chi connectivity index (χ0) is 18.4. The van der Waals surface area contributed by atoms with Crippen LogP contribution in [0.4, 0.5) is 11.4 Å². The third-order valence-corrected chi connectivity index (χ3v) is 4.59. The monoisotopic (exact) mass is 354 g/mol. The van der Waals surface area contributed by atoms with Gasteiger partial charge in [-0.2, -0.15) is 0 Å². The molecule has 0 aromatic heterocycles. The molecule has 5 heteroatoms. The van der Waals surface area contributed by atoms with Gasteiger partial charge >= 0.3 is 0 Å². The van der Waals surface area contributed by atoms with Gasteiger partial charge < -0.3 is 20.1 Å². The molecule has 138 valence electrons. The normalized spacial score (nSPS) is 15.3. The average molecular weight is 354 g/mol. The third-order valence-electron chi connectivity index (χ3n) is 4.59. The number of benzene rings is 2. The molecule has 0 radical (unpaired) electrons. The zero-order valence-electron chi connectivity index (χ0n) is 15.3. The van der Waals surface area contributed by atoms with E-state index in [-0.39, 0.29) is 11.9 Å². The molecule has 2 aromatic carbocycles. The van der Waals surface area contributed by atoms with Gasteiger partial charge in [0.1, 0.15) is 17.5 Å². The first-order valence-corrected chi connectivity index (χ1v) is 9.12. The molecule has 1 amide bonds. The van der Waals surface area contributed by atoms with Crippen molar-refractivity contribution in [1.82, 2.24) is 0 Å². The summed E-state index contributed by atoms with van der Waals surface area (Å²) in [5.74, 6) is 1.55. The second-order valence-corrected chi connectivity index (χ2v) is 6.63. The molecule has 1 atom stereocenters. The summed E-state index contributed by atoms with van der Waals surface area (Å²) in [6.45, 7) is 1.84. The van der Waals surface area contributed by atoms with Crippen molar-refractivity contribution in [2.75, 3.05) is 17.7 Å². The van der Waals surface area contributed by atoms with Crippen molar-refractivity contribution in [3.05, 3.63) is 48.5 Å². The molecule has 5 nitrogen and oxygen atoms in total. The molecule has 2 N–H and O–H groups in total. The average Bonchev–Trinajstić information content (AvgIpc) is 3.17. The Bertz CT molecular complexity index is 707. The van der Waals surface area contributed by atoms with Crippen LogP contribution in [0.2, 0.25) is 0 Å². The van der Waals surface area contributed by atoms with E-state index in [0.717, 1.165) is 35.7 Å². The maximum Gasteiger partial charge on any atom is 0.246 e. The van der Waals surface area contributed by atoms with Crippen LogP contribution < -0.4 is 20.1 Å². The summed E-state index contributed by atoms with van der Waals surface area (Å²) < 4.78 is 11.1. The van der Waals surface area contributed by atoms with E-state index in [0.29, 0.717) is 6.10 Å². The van der Waals surface area contributed by atoms with Crippen molar-refractivity contribution >= 4 is 17.3 Å². The number of anilines is 2. The fourth-order valence-electron chi connectivity index (χ4n) is 3.07. The van der Waals surface area contributed by atoms with E-state index in [1.807, 2.05) is 55.5 Å². The molecule has 0 aliphatic heterocycles. The molecule has 26 heavy (non-hydrogen) atoms. The highest BCUT2D eigenvalue weighted by Crippen LogP contribution is 2.25. The summed E-state index contributed by atoms with van der Waals surface area (Å²) in [5, 5.41) is 6.10. The van der Waals surface area contributed by atoms with Gasteiger partial charge in [0.2, 0.25) is 5.91 Å². The quantitative estimate of drug-likeness (QED) is 0.771. The number of amides is 1. The van der Waals surface area contributed by atoms with E-state index in [2.05, 4.69) is 10.6 Å². The van der Waals surface area contributed by atoms with Crippen molar-refractivity contribution < 1.29 is 14.3 Å². The lowest BCUT2D eigenvalue weighted by molar-refractivity contribution is -0.116. The Morgan fingerprint density at radius 1 is 0.962 bits per heavy atom. The van der Waals surface area contributed by atoms with Crippen LogP contribution in [0, 0.1) is 0 Å². The van der Waals surface area contributed by atoms with Crippen molar-refractivity contribution in [3.8, 4) is 11.5 Å². The largest absolute Gasteiger partial charge is 0.497 e. The van der Waals surface area contributed by atoms with E-state index >= 15 is 0 Å². The Hall–Kier alpha value is -2.69. The van der Waals surface area contributed by atoms with Crippen LogP contribution >= 0.6 is 0 Å². The first-order chi connectivity index (χ1) is 12.6. The predicted octanol–water partition coefficient (Wildman–Crippen LogP) is 4.46. The number of carbonyl (C=O) groups is 1. The summed E-state index contributed by atoms with van der Waals surface area (Å²) in [6, 6.07) is 14.7. The Morgan fingerprint density at radius 2 is 1.54 bits per heavy atom. The number of ether oxygens (including phenoxy) is 2. The van der Waals surface area contributed by atoms with Crippen molar-refractivity contribution in [1.29, 1.82) is 0 Å². The second-order valence-electron chi connectivity index (χ2n) is 6.63. The van der Waals surface area contributed by atoms with Crippen LogP contribution in [0.5, 0.6) is 11.5 Å². The van der Waals surface area contributed by atoms with Crippen LogP contribution in [0.25, 0.3) is 0 Å². The molecule has 0 spiro atoms. The van der Waals surface area contributed by atoms with Gasteiger partial charge in [0.25, 0.3) is 0 Å². The lowest BCUT2D eigenvalue weighted by atomic mass is 10.2. The molecule has 1 saturated carbocycles. The van der Waals surface area contributed by atoms with Crippen LogP contribution in [-0.4, -0.2) is 25.2 Å². The van der Waals surface area contributed by atoms with E-state index in [1.54, 1.807) is 7.11 Å².